The number of nitrogens with two attached hydrogens (primary N) is 1. The van der Waals surface area contributed by atoms with Crippen LogP contribution in [0.4, 0.5) is 5.69 Å². The zero-order chi connectivity index (χ0) is 11.4. The smallest absolute Gasteiger partial charge is 0.271 e. The van der Waals surface area contributed by atoms with Crippen molar-refractivity contribution in [3.8, 4) is 0 Å². The minimum atomic E-state index is -0.337. The molecule has 1 heterocycles. The summed E-state index contributed by atoms with van der Waals surface area (Å²) in [7, 11) is 0. The van der Waals surface area contributed by atoms with Crippen LogP contribution in [0.1, 0.15) is 6.92 Å². The van der Waals surface area contributed by atoms with Gasteiger partial charge in [0.15, 0.2) is 0 Å². The van der Waals surface area contributed by atoms with Crippen LogP contribution in [0.25, 0.3) is 0 Å². The Morgan fingerprint density at radius 2 is 2.18 bits per heavy atom. The van der Waals surface area contributed by atoms with Gasteiger partial charge in [-0.05, 0) is 22.0 Å². The highest BCUT2D eigenvalue weighted by Gasteiger charge is 2.12. The number of anilines is 1. The first-order valence-electron chi connectivity index (χ1n) is 4.43. The summed E-state index contributed by atoms with van der Waals surface area (Å²) in [4.78, 5) is 25.2. The number of hydrogen-bond acceptors (Lipinski definition) is 3. The molecule has 0 aromatic carbocycles. The van der Waals surface area contributed by atoms with Crippen LogP contribution in [0.5, 0.6) is 0 Å². The third-order valence-corrected chi connectivity index (χ3v) is 2.38. The number of pyridine rings is 1. The van der Waals surface area contributed by atoms with Crippen molar-refractivity contribution in [2.45, 2.75) is 6.92 Å². The molecule has 0 saturated carbocycles. The van der Waals surface area contributed by atoms with Crippen LogP contribution < -0.4 is 16.6 Å². The standard InChI is InChI=1S/C9H12BrN3O2.2ClH/c1-5(3-11)8(14)13-7-2-6(10)4-12-9(7)15;;/h2,4-5H,3,11H2,1H3,(H,12,15)(H,13,14);2*1H. The summed E-state index contributed by atoms with van der Waals surface area (Å²) >= 11 is 3.19. The zero-order valence-corrected chi connectivity index (χ0v) is 12.2. The van der Waals surface area contributed by atoms with Gasteiger partial charge in [-0.15, -0.1) is 24.8 Å². The fraction of sp³-hybridized carbons (Fsp3) is 0.333. The molecule has 1 rings (SSSR count). The number of halogens is 3. The van der Waals surface area contributed by atoms with E-state index >= 15 is 0 Å². The van der Waals surface area contributed by atoms with Crippen LogP contribution in [0.15, 0.2) is 21.5 Å². The van der Waals surface area contributed by atoms with Crippen LogP contribution in [0.3, 0.4) is 0 Å². The van der Waals surface area contributed by atoms with E-state index in [0.29, 0.717) is 4.47 Å². The summed E-state index contributed by atoms with van der Waals surface area (Å²) in [6.07, 6.45) is 1.50. The van der Waals surface area contributed by atoms with E-state index in [1.807, 2.05) is 0 Å². The molecule has 0 saturated heterocycles. The van der Waals surface area contributed by atoms with Gasteiger partial charge in [0.1, 0.15) is 5.69 Å². The highest BCUT2D eigenvalue weighted by atomic mass is 79.9. The number of carbonyl (C=O) groups excluding carboxylic acids is 1. The summed E-state index contributed by atoms with van der Waals surface area (Å²) in [6, 6.07) is 1.54. The Morgan fingerprint density at radius 1 is 1.59 bits per heavy atom. The Kier molecular flexibility index (Phi) is 9.42. The van der Waals surface area contributed by atoms with Gasteiger partial charge in [0.2, 0.25) is 5.91 Å². The molecule has 0 spiro atoms. The van der Waals surface area contributed by atoms with Gasteiger partial charge in [-0.3, -0.25) is 9.59 Å². The van der Waals surface area contributed by atoms with Crippen molar-refractivity contribution in [1.29, 1.82) is 0 Å². The van der Waals surface area contributed by atoms with E-state index in [9.17, 15) is 9.59 Å². The van der Waals surface area contributed by atoms with Gasteiger partial charge in [-0.1, -0.05) is 6.92 Å². The average molecular weight is 347 g/mol. The van der Waals surface area contributed by atoms with Gasteiger partial charge in [0, 0.05) is 23.1 Å². The van der Waals surface area contributed by atoms with E-state index < -0.39 is 0 Å². The molecule has 0 aliphatic rings. The van der Waals surface area contributed by atoms with Crippen molar-refractivity contribution in [3.63, 3.8) is 0 Å². The van der Waals surface area contributed by atoms with Crippen molar-refractivity contribution in [2.75, 3.05) is 11.9 Å². The van der Waals surface area contributed by atoms with E-state index in [-0.39, 0.29) is 54.4 Å². The van der Waals surface area contributed by atoms with Crippen LogP contribution in [-0.2, 0) is 4.79 Å². The topological polar surface area (TPSA) is 88.0 Å². The minimum absolute atomic E-state index is 0. The van der Waals surface area contributed by atoms with Crippen LogP contribution in [0, 0.1) is 5.92 Å². The van der Waals surface area contributed by atoms with Crippen molar-refractivity contribution in [2.24, 2.45) is 11.7 Å². The molecule has 0 aliphatic heterocycles. The SMILES string of the molecule is CC(CN)C(=O)Nc1cc(Br)c[nH]c1=O.Cl.Cl. The third kappa shape index (κ3) is 5.54. The number of carbonyl (C=O) groups is 1. The van der Waals surface area contributed by atoms with Gasteiger partial charge in [-0.25, -0.2) is 0 Å². The van der Waals surface area contributed by atoms with Crippen molar-refractivity contribution in [3.05, 3.63) is 27.1 Å². The number of aromatic amines is 1. The average Bonchev–Trinajstić information content (AvgIpc) is 2.22. The molecule has 0 aliphatic carbocycles. The number of amides is 1. The fourth-order valence-corrected chi connectivity index (χ4v) is 1.26. The zero-order valence-electron chi connectivity index (χ0n) is 9.03. The number of rotatable bonds is 3. The summed E-state index contributed by atoms with van der Waals surface area (Å²) in [5, 5.41) is 2.51. The molecular formula is C9H14BrCl2N3O2. The van der Waals surface area contributed by atoms with E-state index in [2.05, 4.69) is 26.2 Å². The highest BCUT2D eigenvalue weighted by molar-refractivity contribution is 9.10. The lowest BCUT2D eigenvalue weighted by Crippen LogP contribution is -2.29. The van der Waals surface area contributed by atoms with Crippen LogP contribution >= 0.6 is 40.7 Å². The van der Waals surface area contributed by atoms with Gasteiger partial charge >= 0.3 is 0 Å². The molecular weight excluding hydrogens is 333 g/mol. The van der Waals surface area contributed by atoms with Crippen molar-refractivity contribution >= 4 is 52.3 Å². The van der Waals surface area contributed by atoms with Crippen LogP contribution in [0.2, 0.25) is 0 Å². The second-order valence-corrected chi connectivity index (χ2v) is 4.10. The van der Waals surface area contributed by atoms with E-state index in [4.69, 9.17) is 5.73 Å². The molecule has 0 radical (unpaired) electrons. The van der Waals surface area contributed by atoms with Gasteiger partial charge in [-0.2, -0.15) is 0 Å². The predicted molar refractivity (Wildman–Crippen MR) is 76.1 cm³/mol. The Balaban J connectivity index is 0. The van der Waals surface area contributed by atoms with Crippen molar-refractivity contribution < 1.29 is 4.79 Å². The molecule has 0 fully saturated rings. The number of nitrogens with one attached hydrogen (secondary N) is 2. The van der Waals surface area contributed by atoms with Crippen LogP contribution in [-0.4, -0.2) is 17.4 Å². The third-order valence-electron chi connectivity index (χ3n) is 1.93. The molecule has 1 unspecified atom stereocenters. The lowest BCUT2D eigenvalue weighted by molar-refractivity contribution is -0.119. The van der Waals surface area contributed by atoms with E-state index in [0.717, 1.165) is 0 Å². The molecule has 17 heavy (non-hydrogen) atoms. The summed E-state index contributed by atoms with van der Waals surface area (Å²) in [6.45, 7) is 1.94. The number of hydrogen-bond donors (Lipinski definition) is 3. The first-order chi connectivity index (χ1) is 7.04. The first-order valence-corrected chi connectivity index (χ1v) is 5.23. The molecule has 5 nitrogen and oxygen atoms in total. The van der Waals surface area contributed by atoms with E-state index in [1.54, 1.807) is 13.0 Å². The largest absolute Gasteiger partial charge is 0.330 e. The van der Waals surface area contributed by atoms with Gasteiger partial charge < -0.3 is 16.0 Å². The molecule has 98 valence electrons. The molecule has 1 aromatic heterocycles. The van der Waals surface area contributed by atoms with Gasteiger partial charge in [0.05, 0.1) is 0 Å². The molecule has 1 amide bonds. The molecule has 0 bridgehead atoms. The second-order valence-electron chi connectivity index (χ2n) is 3.19. The minimum Gasteiger partial charge on any atom is -0.330 e. The maximum absolute atomic E-state index is 11.4. The van der Waals surface area contributed by atoms with Gasteiger partial charge in [0.25, 0.3) is 5.56 Å². The summed E-state index contributed by atoms with van der Waals surface area (Å²) in [5.74, 6) is -0.579. The Labute approximate surface area is 119 Å². The Morgan fingerprint density at radius 3 is 2.71 bits per heavy atom. The molecule has 1 atom stereocenters. The Bertz CT molecular complexity index is 425. The highest BCUT2D eigenvalue weighted by Crippen LogP contribution is 2.10. The monoisotopic (exact) mass is 345 g/mol. The quantitative estimate of drug-likeness (QED) is 0.775. The predicted octanol–water partition coefficient (Wildman–Crippen LogP) is 1.51. The fourth-order valence-electron chi connectivity index (χ4n) is 0.913. The van der Waals surface area contributed by atoms with E-state index in [1.165, 1.54) is 6.20 Å². The number of H-pyrrole nitrogens is 1. The Hall–Kier alpha value is -0.560. The summed E-state index contributed by atoms with van der Waals surface area (Å²) in [5.41, 5.74) is 5.22. The lowest BCUT2D eigenvalue weighted by Gasteiger charge is -2.08. The molecule has 1 aromatic rings. The number of aromatic nitrogens is 1. The lowest BCUT2D eigenvalue weighted by atomic mass is 10.1. The maximum atomic E-state index is 11.4. The second kappa shape index (κ2) is 8.52. The molecule has 8 heteroatoms. The van der Waals surface area contributed by atoms with Crippen molar-refractivity contribution in [1.82, 2.24) is 4.98 Å². The maximum Gasteiger partial charge on any atom is 0.271 e. The normalized spacial score (nSPS) is 10.8. The summed E-state index contributed by atoms with van der Waals surface area (Å²) < 4.78 is 0.692. The molecule has 4 N–H and O–H groups in total. The first kappa shape index (κ1) is 18.8.